The molecule has 0 bridgehead atoms. The Hall–Kier alpha value is -5.86. The molecule has 0 spiro atoms. The lowest BCUT2D eigenvalue weighted by atomic mass is 9.98. The molecule has 0 heterocycles. The average molecular weight is 621 g/mol. The van der Waals surface area contributed by atoms with E-state index in [-0.39, 0.29) is 0 Å². The summed E-state index contributed by atoms with van der Waals surface area (Å²) >= 11 is 0. The van der Waals surface area contributed by atoms with E-state index in [4.69, 9.17) is 0 Å². The summed E-state index contributed by atoms with van der Waals surface area (Å²) in [5.41, 5.74) is 16.6. The maximum absolute atomic E-state index is 2.32. The Bertz CT molecular complexity index is 1860. The number of aryl methyl sites for hydroxylation is 4. The number of hydrogen-bond donors (Lipinski definition) is 0. The van der Waals surface area contributed by atoms with Crippen molar-refractivity contribution in [2.75, 3.05) is 9.80 Å². The van der Waals surface area contributed by atoms with E-state index in [2.05, 4.69) is 207 Å². The van der Waals surface area contributed by atoms with Gasteiger partial charge >= 0.3 is 0 Å². The summed E-state index contributed by atoms with van der Waals surface area (Å²) in [4.78, 5) is 4.63. The molecule has 7 aromatic carbocycles. The van der Waals surface area contributed by atoms with Gasteiger partial charge in [-0.3, -0.25) is 0 Å². The van der Waals surface area contributed by atoms with Crippen molar-refractivity contribution in [3.63, 3.8) is 0 Å². The van der Waals surface area contributed by atoms with Crippen molar-refractivity contribution in [2.24, 2.45) is 0 Å². The Morgan fingerprint density at radius 3 is 0.729 bits per heavy atom. The molecule has 0 radical (unpaired) electrons. The van der Waals surface area contributed by atoms with Crippen molar-refractivity contribution < 1.29 is 0 Å². The van der Waals surface area contributed by atoms with Gasteiger partial charge in [0.15, 0.2) is 0 Å². The van der Waals surface area contributed by atoms with Gasteiger partial charge in [0, 0.05) is 34.1 Å². The topological polar surface area (TPSA) is 6.48 Å². The standard InChI is InChI=1S/C46H40N2/c1-33-8-20-41(21-9-33)47(42-22-10-34(2)11-23-42)45-28-16-37(17-29-45)39-6-5-7-40(32-39)38-18-30-46(31-19-38)48(43-24-12-35(3)13-25-43)44-26-14-36(4)15-27-44/h5-32H,1-4H3. The summed E-state index contributed by atoms with van der Waals surface area (Å²) < 4.78 is 0. The number of benzene rings is 7. The first kappa shape index (κ1) is 30.8. The predicted molar refractivity (Wildman–Crippen MR) is 206 cm³/mol. The Labute approximate surface area is 285 Å². The summed E-state index contributed by atoms with van der Waals surface area (Å²) in [6, 6.07) is 61.6. The van der Waals surface area contributed by atoms with Gasteiger partial charge in [-0.05, 0) is 129 Å². The third-order valence-electron chi connectivity index (χ3n) is 8.95. The highest BCUT2D eigenvalue weighted by molar-refractivity contribution is 5.81. The van der Waals surface area contributed by atoms with E-state index in [1.165, 1.54) is 44.5 Å². The van der Waals surface area contributed by atoms with Crippen LogP contribution in [0.15, 0.2) is 170 Å². The first-order valence-electron chi connectivity index (χ1n) is 16.6. The molecule has 0 aromatic heterocycles. The molecule has 7 aromatic rings. The Morgan fingerprint density at radius 1 is 0.250 bits per heavy atom. The summed E-state index contributed by atoms with van der Waals surface area (Å²) in [7, 11) is 0. The van der Waals surface area contributed by atoms with Gasteiger partial charge in [0.05, 0.1) is 0 Å². The van der Waals surface area contributed by atoms with Gasteiger partial charge in [0.2, 0.25) is 0 Å². The molecule has 0 aliphatic rings. The van der Waals surface area contributed by atoms with E-state index in [1.807, 2.05) is 0 Å². The summed E-state index contributed by atoms with van der Waals surface area (Å²) in [5.74, 6) is 0. The predicted octanol–water partition coefficient (Wildman–Crippen LogP) is 13.2. The lowest BCUT2D eigenvalue weighted by molar-refractivity contribution is 1.27. The van der Waals surface area contributed by atoms with Gasteiger partial charge in [0.25, 0.3) is 0 Å². The second-order valence-electron chi connectivity index (χ2n) is 12.7. The molecular formula is C46H40N2. The number of rotatable bonds is 8. The Kier molecular flexibility index (Phi) is 8.64. The van der Waals surface area contributed by atoms with Gasteiger partial charge in [-0.25, -0.2) is 0 Å². The minimum atomic E-state index is 1.13. The van der Waals surface area contributed by atoms with Crippen LogP contribution in [0.4, 0.5) is 34.1 Å². The van der Waals surface area contributed by atoms with Crippen LogP contribution in [0.2, 0.25) is 0 Å². The molecule has 0 amide bonds. The van der Waals surface area contributed by atoms with Crippen LogP contribution in [0.5, 0.6) is 0 Å². The summed E-state index contributed by atoms with van der Waals surface area (Å²) in [6.45, 7) is 8.51. The highest BCUT2D eigenvalue weighted by Gasteiger charge is 2.14. The van der Waals surface area contributed by atoms with Crippen molar-refractivity contribution >= 4 is 34.1 Å². The maximum atomic E-state index is 2.32. The molecule has 0 saturated carbocycles. The Balaban J connectivity index is 1.17. The van der Waals surface area contributed by atoms with Crippen LogP contribution in [0.3, 0.4) is 0 Å². The summed E-state index contributed by atoms with van der Waals surface area (Å²) in [5, 5.41) is 0. The molecule has 2 heteroatoms. The molecule has 0 N–H and O–H groups in total. The third-order valence-corrected chi connectivity index (χ3v) is 8.95. The molecule has 0 fully saturated rings. The SMILES string of the molecule is Cc1ccc(N(c2ccc(C)cc2)c2ccc(-c3cccc(-c4ccc(N(c5ccc(C)cc5)c5ccc(C)cc5)cc4)c3)cc2)cc1. The minimum Gasteiger partial charge on any atom is -0.311 e. The fraction of sp³-hybridized carbons (Fsp3) is 0.0870. The Morgan fingerprint density at radius 2 is 0.479 bits per heavy atom. The quantitative estimate of drug-likeness (QED) is 0.167. The largest absolute Gasteiger partial charge is 0.311 e. The molecule has 0 saturated heterocycles. The molecule has 234 valence electrons. The van der Waals surface area contributed by atoms with Gasteiger partial charge in [-0.1, -0.05) is 113 Å². The van der Waals surface area contributed by atoms with E-state index < -0.39 is 0 Å². The highest BCUT2D eigenvalue weighted by atomic mass is 15.1. The summed E-state index contributed by atoms with van der Waals surface area (Å²) in [6.07, 6.45) is 0. The lowest BCUT2D eigenvalue weighted by Crippen LogP contribution is -2.09. The van der Waals surface area contributed by atoms with Crippen molar-refractivity contribution in [1.82, 2.24) is 0 Å². The van der Waals surface area contributed by atoms with Crippen LogP contribution in [0, 0.1) is 27.7 Å². The monoisotopic (exact) mass is 620 g/mol. The smallest absolute Gasteiger partial charge is 0.0462 e. The maximum Gasteiger partial charge on any atom is 0.0462 e. The van der Waals surface area contributed by atoms with Crippen molar-refractivity contribution in [2.45, 2.75) is 27.7 Å². The van der Waals surface area contributed by atoms with E-state index in [0.29, 0.717) is 0 Å². The zero-order chi connectivity index (χ0) is 33.0. The van der Waals surface area contributed by atoms with Gasteiger partial charge in [0.1, 0.15) is 0 Å². The van der Waals surface area contributed by atoms with Crippen LogP contribution in [0.25, 0.3) is 22.3 Å². The van der Waals surface area contributed by atoms with Crippen LogP contribution in [-0.4, -0.2) is 0 Å². The van der Waals surface area contributed by atoms with Crippen LogP contribution < -0.4 is 9.80 Å². The average Bonchev–Trinajstić information content (AvgIpc) is 3.12. The molecule has 0 aliphatic carbocycles. The molecule has 2 nitrogen and oxygen atoms in total. The second kappa shape index (κ2) is 13.5. The first-order valence-corrected chi connectivity index (χ1v) is 16.6. The van der Waals surface area contributed by atoms with Crippen molar-refractivity contribution in [3.8, 4) is 22.3 Å². The first-order chi connectivity index (χ1) is 23.4. The lowest BCUT2D eigenvalue weighted by Gasteiger charge is -2.26. The molecule has 0 aliphatic heterocycles. The van der Waals surface area contributed by atoms with Gasteiger partial charge in [-0.15, -0.1) is 0 Å². The molecule has 7 rings (SSSR count). The fourth-order valence-corrected chi connectivity index (χ4v) is 6.15. The number of anilines is 6. The molecule has 0 atom stereocenters. The third kappa shape index (κ3) is 6.65. The van der Waals surface area contributed by atoms with Gasteiger partial charge in [-0.2, -0.15) is 0 Å². The van der Waals surface area contributed by atoms with Crippen LogP contribution in [0.1, 0.15) is 22.3 Å². The van der Waals surface area contributed by atoms with E-state index in [9.17, 15) is 0 Å². The normalized spacial score (nSPS) is 10.9. The highest BCUT2D eigenvalue weighted by Crippen LogP contribution is 2.38. The minimum absolute atomic E-state index is 1.13. The van der Waals surface area contributed by atoms with E-state index in [0.717, 1.165) is 34.1 Å². The molecule has 0 unspecified atom stereocenters. The molecular weight excluding hydrogens is 581 g/mol. The zero-order valence-electron chi connectivity index (χ0n) is 28.1. The number of nitrogens with zero attached hydrogens (tertiary/aromatic N) is 2. The second-order valence-corrected chi connectivity index (χ2v) is 12.7. The number of hydrogen-bond acceptors (Lipinski definition) is 2. The fourth-order valence-electron chi connectivity index (χ4n) is 6.15. The van der Waals surface area contributed by atoms with E-state index >= 15 is 0 Å². The van der Waals surface area contributed by atoms with Gasteiger partial charge < -0.3 is 9.80 Å². The van der Waals surface area contributed by atoms with Crippen molar-refractivity contribution in [1.29, 1.82) is 0 Å². The van der Waals surface area contributed by atoms with Crippen LogP contribution in [-0.2, 0) is 0 Å². The zero-order valence-corrected chi connectivity index (χ0v) is 28.1. The van der Waals surface area contributed by atoms with Crippen LogP contribution >= 0.6 is 0 Å². The van der Waals surface area contributed by atoms with Crippen molar-refractivity contribution in [3.05, 3.63) is 192 Å². The van der Waals surface area contributed by atoms with E-state index in [1.54, 1.807) is 0 Å². The molecule has 48 heavy (non-hydrogen) atoms.